The Balaban J connectivity index is 1.33. The SMILES string of the molecule is CCOC(=O)c1c(NC(=O)CSc2cn(Cc3ccccc3Cl)c3ccccc23)sc2c1CCC2. The Labute approximate surface area is 217 Å². The summed E-state index contributed by atoms with van der Waals surface area (Å²) in [6, 6.07) is 16.0. The number of hydrogen-bond acceptors (Lipinski definition) is 5. The molecule has 5 nitrogen and oxygen atoms in total. The fourth-order valence-electron chi connectivity index (χ4n) is 4.49. The minimum atomic E-state index is -0.350. The van der Waals surface area contributed by atoms with Crippen molar-refractivity contribution in [2.45, 2.75) is 37.6 Å². The number of aryl methyl sites for hydroxylation is 1. The van der Waals surface area contributed by atoms with Crippen LogP contribution in [-0.2, 0) is 28.9 Å². The molecule has 5 rings (SSSR count). The summed E-state index contributed by atoms with van der Waals surface area (Å²) < 4.78 is 7.44. The van der Waals surface area contributed by atoms with E-state index in [-0.39, 0.29) is 17.6 Å². The third-order valence-electron chi connectivity index (χ3n) is 6.06. The molecule has 0 unspecified atom stereocenters. The van der Waals surface area contributed by atoms with Gasteiger partial charge in [-0.15, -0.1) is 23.1 Å². The van der Waals surface area contributed by atoms with Gasteiger partial charge in [0.2, 0.25) is 5.91 Å². The molecule has 0 bridgehead atoms. The number of amides is 1. The maximum Gasteiger partial charge on any atom is 0.341 e. The quantitative estimate of drug-likeness (QED) is 0.203. The number of thiophene rings is 1. The van der Waals surface area contributed by atoms with Gasteiger partial charge >= 0.3 is 5.97 Å². The first-order valence-electron chi connectivity index (χ1n) is 11.6. The van der Waals surface area contributed by atoms with Crippen LogP contribution in [0, 0.1) is 0 Å². The van der Waals surface area contributed by atoms with Gasteiger partial charge in [-0.3, -0.25) is 4.79 Å². The molecule has 1 N–H and O–H groups in total. The number of nitrogens with one attached hydrogen (secondary N) is 1. The first-order valence-corrected chi connectivity index (χ1v) is 13.8. The van der Waals surface area contributed by atoms with Crippen LogP contribution in [0.1, 0.15) is 39.7 Å². The number of esters is 1. The zero-order valence-corrected chi connectivity index (χ0v) is 21.7. The lowest BCUT2D eigenvalue weighted by molar-refractivity contribution is -0.113. The van der Waals surface area contributed by atoms with Crippen molar-refractivity contribution in [3.8, 4) is 0 Å². The van der Waals surface area contributed by atoms with Gasteiger partial charge in [0.25, 0.3) is 0 Å². The lowest BCUT2D eigenvalue weighted by atomic mass is 10.1. The van der Waals surface area contributed by atoms with E-state index in [1.807, 2.05) is 36.4 Å². The summed E-state index contributed by atoms with van der Waals surface area (Å²) in [5.74, 6) is -0.244. The largest absolute Gasteiger partial charge is 0.462 e. The number of benzene rings is 2. The number of fused-ring (bicyclic) bond motifs is 2. The zero-order valence-electron chi connectivity index (χ0n) is 19.3. The topological polar surface area (TPSA) is 60.3 Å². The molecule has 0 radical (unpaired) electrons. The minimum Gasteiger partial charge on any atom is -0.462 e. The number of thioether (sulfide) groups is 1. The molecule has 1 aliphatic carbocycles. The maximum atomic E-state index is 12.9. The van der Waals surface area contributed by atoms with E-state index in [0.717, 1.165) is 51.2 Å². The van der Waals surface area contributed by atoms with Crippen LogP contribution in [0.15, 0.2) is 59.6 Å². The molecule has 0 saturated heterocycles. The molecule has 0 saturated carbocycles. The summed E-state index contributed by atoms with van der Waals surface area (Å²) in [6.45, 7) is 2.75. The number of anilines is 1. The molecule has 2 heterocycles. The highest BCUT2D eigenvalue weighted by Crippen LogP contribution is 2.40. The van der Waals surface area contributed by atoms with Crippen molar-refractivity contribution in [2.24, 2.45) is 0 Å². The molecule has 2 aromatic carbocycles. The van der Waals surface area contributed by atoms with Crippen LogP contribution in [0.3, 0.4) is 0 Å². The van der Waals surface area contributed by atoms with Crippen molar-refractivity contribution in [3.05, 3.63) is 81.3 Å². The van der Waals surface area contributed by atoms with Gasteiger partial charge in [-0.2, -0.15) is 0 Å². The number of hydrogen-bond donors (Lipinski definition) is 1. The van der Waals surface area contributed by atoms with Crippen LogP contribution in [0.5, 0.6) is 0 Å². The number of nitrogens with zero attached hydrogens (tertiary/aromatic N) is 1. The van der Waals surface area contributed by atoms with Gasteiger partial charge in [0.15, 0.2) is 0 Å². The van der Waals surface area contributed by atoms with Crippen molar-refractivity contribution < 1.29 is 14.3 Å². The summed E-state index contributed by atoms with van der Waals surface area (Å²) in [4.78, 5) is 27.7. The predicted octanol–water partition coefficient (Wildman–Crippen LogP) is 6.80. The van der Waals surface area contributed by atoms with Crippen molar-refractivity contribution in [1.29, 1.82) is 0 Å². The molecule has 2 aromatic heterocycles. The lowest BCUT2D eigenvalue weighted by Gasteiger charge is -2.08. The third-order valence-corrected chi connectivity index (χ3v) is 8.68. The van der Waals surface area contributed by atoms with E-state index in [2.05, 4.69) is 28.2 Å². The molecule has 35 heavy (non-hydrogen) atoms. The molecule has 0 fully saturated rings. The molecule has 1 amide bonds. The number of carbonyl (C=O) groups excluding carboxylic acids is 2. The van der Waals surface area contributed by atoms with E-state index in [0.29, 0.717) is 23.7 Å². The summed E-state index contributed by atoms with van der Waals surface area (Å²) >= 11 is 9.38. The van der Waals surface area contributed by atoms with Gasteiger partial charge in [-0.25, -0.2) is 4.79 Å². The Morgan fingerprint density at radius 3 is 2.77 bits per heavy atom. The smallest absolute Gasteiger partial charge is 0.341 e. The van der Waals surface area contributed by atoms with E-state index >= 15 is 0 Å². The Morgan fingerprint density at radius 1 is 1.14 bits per heavy atom. The van der Waals surface area contributed by atoms with Crippen molar-refractivity contribution >= 4 is 62.5 Å². The van der Waals surface area contributed by atoms with Gasteiger partial charge in [-0.1, -0.05) is 48.0 Å². The van der Waals surface area contributed by atoms with Gasteiger partial charge in [0.05, 0.1) is 17.9 Å². The first-order chi connectivity index (χ1) is 17.0. The maximum absolute atomic E-state index is 12.9. The normalized spacial score (nSPS) is 12.6. The first kappa shape index (κ1) is 24.0. The van der Waals surface area contributed by atoms with Gasteiger partial charge < -0.3 is 14.6 Å². The van der Waals surface area contributed by atoms with Crippen molar-refractivity contribution in [3.63, 3.8) is 0 Å². The molecule has 0 aliphatic heterocycles. The number of halogens is 1. The minimum absolute atomic E-state index is 0.136. The molecule has 0 spiro atoms. The Kier molecular flexibility index (Phi) is 7.18. The summed E-state index contributed by atoms with van der Waals surface area (Å²) in [6.07, 6.45) is 4.92. The van der Waals surface area contributed by atoms with Crippen LogP contribution < -0.4 is 5.32 Å². The Hall–Kier alpha value is -2.74. The summed E-state index contributed by atoms with van der Waals surface area (Å²) in [5, 5.41) is 5.43. The third kappa shape index (κ3) is 4.99. The lowest BCUT2D eigenvalue weighted by Crippen LogP contribution is -2.16. The van der Waals surface area contributed by atoms with Crippen LogP contribution >= 0.6 is 34.7 Å². The highest BCUT2D eigenvalue weighted by molar-refractivity contribution is 8.00. The van der Waals surface area contributed by atoms with E-state index < -0.39 is 0 Å². The second-order valence-corrected chi connectivity index (χ2v) is 10.9. The molecule has 0 atom stereocenters. The number of aromatic nitrogens is 1. The summed E-state index contributed by atoms with van der Waals surface area (Å²) in [5.41, 5.74) is 3.72. The van der Waals surface area contributed by atoms with Gasteiger partial charge in [0, 0.05) is 38.4 Å². The zero-order chi connectivity index (χ0) is 24.4. The Bertz CT molecular complexity index is 1410. The van der Waals surface area contributed by atoms with E-state index in [1.54, 1.807) is 6.92 Å². The molecule has 1 aliphatic rings. The number of ether oxygens (including phenoxy) is 1. The van der Waals surface area contributed by atoms with Crippen LogP contribution in [-0.4, -0.2) is 28.8 Å². The van der Waals surface area contributed by atoms with E-state index in [1.165, 1.54) is 28.0 Å². The van der Waals surface area contributed by atoms with E-state index in [4.69, 9.17) is 16.3 Å². The van der Waals surface area contributed by atoms with Gasteiger partial charge in [0.1, 0.15) is 5.00 Å². The monoisotopic (exact) mass is 524 g/mol. The standard InChI is InChI=1S/C27H25ClN2O3S2/c1-2-33-27(32)25-19-10-7-13-22(19)35-26(25)29-24(31)16-34-23-15-30(21-12-6-4-9-18(21)23)14-17-8-3-5-11-20(17)28/h3-6,8-9,11-12,15H,2,7,10,13-14,16H2,1H3,(H,29,31). The summed E-state index contributed by atoms with van der Waals surface area (Å²) in [7, 11) is 0. The van der Waals surface area contributed by atoms with Crippen molar-refractivity contribution in [2.75, 3.05) is 17.7 Å². The number of rotatable bonds is 8. The molecule has 4 aromatic rings. The second kappa shape index (κ2) is 10.5. The molecular formula is C27H25ClN2O3S2. The van der Waals surface area contributed by atoms with E-state index in [9.17, 15) is 9.59 Å². The second-order valence-electron chi connectivity index (χ2n) is 8.35. The fraction of sp³-hybridized carbons (Fsp3) is 0.259. The fourth-order valence-corrected chi connectivity index (χ4v) is 6.86. The molecular weight excluding hydrogens is 500 g/mol. The average Bonchev–Trinajstić information content (AvgIpc) is 3.53. The highest BCUT2D eigenvalue weighted by Gasteiger charge is 2.28. The van der Waals surface area contributed by atoms with Crippen LogP contribution in [0.2, 0.25) is 5.02 Å². The number of carbonyl (C=O) groups is 2. The van der Waals surface area contributed by atoms with Crippen molar-refractivity contribution in [1.82, 2.24) is 4.57 Å². The highest BCUT2D eigenvalue weighted by atomic mass is 35.5. The molecule has 180 valence electrons. The predicted molar refractivity (Wildman–Crippen MR) is 144 cm³/mol. The van der Waals surface area contributed by atoms with Crippen LogP contribution in [0.25, 0.3) is 10.9 Å². The molecule has 8 heteroatoms. The van der Waals surface area contributed by atoms with Gasteiger partial charge in [-0.05, 0) is 49.4 Å². The Morgan fingerprint density at radius 2 is 1.94 bits per heavy atom. The number of para-hydroxylation sites is 1. The average molecular weight is 525 g/mol. The van der Waals surface area contributed by atoms with Crippen LogP contribution in [0.4, 0.5) is 5.00 Å².